The number of allylic oxidation sites excluding steroid dienone is 1. The molecular weight excluding hydrogens is 296 g/mol. The van der Waals surface area contributed by atoms with E-state index in [9.17, 15) is 8.78 Å². The van der Waals surface area contributed by atoms with E-state index >= 15 is 0 Å². The predicted molar refractivity (Wildman–Crippen MR) is 92.2 cm³/mol. The molecule has 23 heavy (non-hydrogen) atoms. The molecule has 4 heteroatoms. The van der Waals surface area contributed by atoms with Crippen molar-refractivity contribution in [3.8, 4) is 5.75 Å². The lowest BCUT2D eigenvalue weighted by atomic mass is 10.0. The number of alkyl halides is 1. The second-order valence-corrected chi connectivity index (χ2v) is 5.68. The van der Waals surface area contributed by atoms with Gasteiger partial charge in [-0.1, -0.05) is 26.0 Å². The molecule has 1 aromatic rings. The molecular formula is C19H29F2NO. The van der Waals surface area contributed by atoms with Gasteiger partial charge in [-0.2, -0.15) is 0 Å². The highest BCUT2D eigenvalue weighted by Crippen LogP contribution is 2.46. The van der Waals surface area contributed by atoms with Gasteiger partial charge < -0.3 is 10.1 Å². The van der Waals surface area contributed by atoms with Crippen LogP contribution in [-0.4, -0.2) is 19.3 Å². The Morgan fingerprint density at radius 3 is 2.65 bits per heavy atom. The Morgan fingerprint density at radius 2 is 2.09 bits per heavy atom. The van der Waals surface area contributed by atoms with Gasteiger partial charge >= 0.3 is 0 Å². The summed E-state index contributed by atoms with van der Waals surface area (Å²) in [5.41, 5.74) is 0.956. The van der Waals surface area contributed by atoms with Gasteiger partial charge in [0.05, 0.1) is 0 Å². The van der Waals surface area contributed by atoms with E-state index in [-0.39, 0.29) is 17.9 Å². The smallest absolute Gasteiger partial charge is 0.165 e. The van der Waals surface area contributed by atoms with E-state index < -0.39 is 12.0 Å². The SMILES string of the molecule is C=CCCCNC1(c2ccc(F)c(OCC(C)F)c2)CC1.CC. The molecule has 0 bridgehead atoms. The first-order chi connectivity index (χ1) is 11.1. The Balaban J connectivity index is 0.00000127. The summed E-state index contributed by atoms with van der Waals surface area (Å²) in [6.45, 7) is 9.88. The van der Waals surface area contributed by atoms with Crippen molar-refractivity contribution in [2.45, 2.75) is 58.2 Å². The lowest BCUT2D eigenvalue weighted by Crippen LogP contribution is -2.29. The van der Waals surface area contributed by atoms with Crippen LogP contribution in [0.5, 0.6) is 5.75 Å². The summed E-state index contributed by atoms with van der Waals surface area (Å²) in [6.07, 6.45) is 4.88. The Hall–Kier alpha value is -1.42. The molecule has 0 aromatic heterocycles. The molecule has 1 unspecified atom stereocenters. The summed E-state index contributed by atoms with van der Waals surface area (Å²) < 4.78 is 31.8. The summed E-state index contributed by atoms with van der Waals surface area (Å²) >= 11 is 0. The van der Waals surface area contributed by atoms with Gasteiger partial charge in [0.1, 0.15) is 12.8 Å². The Morgan fingerprint density at radius 1 is 1.39 bits per heavy atom. The average molecular weight is 325 g/mol. The second-order valence-electron chi connectivity index (χ2n) is 5.68. The van der Waals surface area contributed by atoms with Gasteiger partial charge in [-0.25, -0.2) is 8.78 Å². The van der Waals surface area contributed by atoms with Crippen molar-refractivity contribution >= 4 is 0 Å². The number of rotatable bonds is 9. The molecule has 0 saturated heterocycles. The second kappa shape index (κ2) is 9.66. The third-order valence-corrected chi connectivity index (χ3v) is 3.75. The number of ether oxygens (including phenoxy) is 1. The highest BCUT2D eigenvalue weighted by atomic mass is 19.1. The highest BCUT2D eigenvalue weighted by Gasteiger charge is 2.43. The van der Waals surface area contributed by atoms with Crippen LogP contribution in [0.25, 0.3) is 0 Å². The van der Waals surface area contributed by atoms with Crippen LogP contribution in [0.2, 0.25) is 0 Å². The van der Waals surface area contributed by atoms with E-state index in [0.717, 1.165) is 37.8 Å². The van der Waals surface area contributed by atoms with Crippen molar-refractivity contribution in [1.82, 2.24) is 5.32 Å². The van der Waals surface area contributed by atoms with Crippen molar-refractivity contribution in [2.75, 3.05) is 13.2 Å². The number of nitrogens with one attached hydrogen (secondary N) is 1. The molecule has 0 radical (unpaired) electrons. The van der Waals surface area contributed by atoms with Crippen LogP contribution in [0.4, 0.5) is 8.78 Å². The predicted octanol–water partition coefficient (Wildman–Crippen LogP) is 5.13. The molecule has 1 atom stereocenters. The van der Waals surface area contributed by atoms with Gasteiger partial charge in [-0.15, -0.1) is 6.58 Å². The normalized spacial score (nSPS) is 16.0. The molecule has 1 saturated carbocycles. The zero-order valence-electron chi connectivity index (χ0n) is 14.5. The third kappa shape index (κ3) is 5.94. The minimum atomic E-state index is -1.11. The van der Waals surface area contributed by atoms with Crippen molar-refractivity contribution < 1.29 is 13.5 Å². The molecule has 1 N–H and O–H groups in total. The highest BCUT2D eigenvalue weighted by molar-refractivity contribution is 5.38. The average Bonchev–Trinajstić information content (AvgIpc) is 3.34. The number of hydrogen-bond acceptors (Lipinski definition) is 2. The van der Waals surface area contributed by atoms with Crippen LogP contribution >= 0.6 is 0 Å². The lowest BCUT2D eigenvalue weighted by Gasteiger charge is -2.19. The largest absolute Gasteiger partial charge is 0.487 e. The summed E-state index contributed by atoms with van der Waals surface area (Å²) in [6, 6.07) is 4.89. The van der Waals surface area contributed by atoms with E-state index in [1.165, 1.54) is 13.0 Å². The van der Waals surface area contributed by atoms with E-state index in [1.807, 2.05) is 19.9 Å². The fourth-order valence-corrected chi connectivity index (χ4v) is 2.38. The van der Waals surface area contributed by atoms with Gasteiger partial charge in [-0.3, -0.25) is 0 Å². The maximum absolute atomic E-state index is 13.7. The Bertz CT molecular complexity index is 484. The van der Waals surface area contributed by atoms with Gasteiger partial charge in [0.2, 0.25) is 0 Å². The first kappa shape index (κ1) is 19.6. The van der Waals surface area contributed by atoms with E-state index in [4.69, 9.17) is 4.74 Å². The summed E-state index contributed by atoms with van der Waals surface area (Å²) in [5, 5.41) is 3.53. The van der Waals surface area contributed by atoms with E-state index in [2.05, 4.69) is 11.9 Å². The molecule has 0 amide bonds. The van der Waals surface area contributed by atoms with E-state index in [1.54, 1.807) is 12.1 Å². The molecule has 2 nitrogen and oxygen atoms in total. The first-order valence-electron chi connectivity index (χ1n) is 8.50. The van der Waals surface area contributed by atoms with Crippen molar-refractivity contribution in [1.29, 1.82) is 0 Å². The minimum Gasteiger partial charge on any atom is -0.487 e. The summed E-state index contributed by atoms with van der Waals surface area (Å²) in [7, 11) is 0. The van der Waals surface area contributed by atoms with Gasteiger partial charge in [0, 0.05) is 5.54 Å². The minimum absolute atomic E-state index is 0.0612. The van der Waals surface area contributed by atoms with Gasteiger partial charge in [0.25, 0.3) is 0 Å². The molecule has 1 aromatic carbocycles. The number of benzene rings is 1. The number of halogens is 2. The molecule has 0 spiro atoms. The van der Waals surface area contributed by atoms with Crippen molar-refractivity contribution in [3.63, 3.8) is 0 Å². The first-order valence-corrected chi connectivity index (χ1v) is 8.50. The van der Waals surface area contributed by atoms with Crippen LogP contribution < -0.4 is 10.1 Å². The van der Waals surface area contributed by atoms with Crippen LogP contribution in [0.15, 0.2) is 30.9 Å². The Labute approximate surface area is 138 Å². The number of hydrogen-bond donors (Lipinski definition) is 1. The summed E-state index contributed by atoms with van der Waals surface area (Å²) in [4.78, 5) is 0. The fraction of sp³-hybridized carbons (Fsp3) is 0.579. The topological polar surface area (TPSA) is 21.3 Å². The molecule has 130 valence electrons. The van der Waals surface area contributed by atoms with E-state index in [0.29, 0.717) is 0 Å². The van der Waals surface area contributed by atoms with Crippen molar-refractivity contribution in [2.24, 2.45) is 0 Å². The third-order valence-electron chi connectivity index (χ3n) is 3.75. The standard InChI is InChI=1S/C17H23F2NO.C2H6/c1-3-4-5-10-20-17(8-9-17)14-6-7-15(19)16(11-14)21-12-13(2)18;1-2/h3,6-7,11,13,20H,1,4-5,8-10,12H2,2H3;1-2H3. The maximum Gasteiger partial charge on any atom is 0.165 e. The molecule has 0 heterocycles. The molecule has 2 rings (SSSR count). The van der Waals surface area contributed by atoms with Crippen molar-refractivity contribution in [3.05, 3.63) is 42.2 Å². The van der Waals surface area contributed by atoms with Gasteiger partial charge in [0.15, 0.2) is 11.6 Å². The monoisotopic (exact) mass is 325 g/mol. The number of unbranched alkanes of at least 4 members (excludes halogenated alkanes) is 1. The van der Waals surface area contributed by atoms with Crippen LogP contribution in [-0.2, 0) is 5.54 Å². The molecule has 0 aliphatic heterocycles. The van der Waals surface area contributed by atoms with Crippen LogP contribution in [0.1, 0.15) is 52.0 Å². The zero-order chi connectivity index (χ0) is 17.3. The Kier molecular flexibility index (Phi) is 8.24. The van der Waals surface area contributed by atoms with Crippen LogP contribution in [0, 0.1) is 5.82 Å². The molecule has 1 fully saturated rings. The molecule has 1 aliphatic rings. The fourth-order valence-electron chi connectivity index (χ4n) is 2.38. The lowest BCUT2D eigenvalue weighted by molar-refractivity contribution is 0.203. The van der Waals surface area contributed by atoms with Gasteiger partial charge in [-0.05, 0) is 56.8 Å². The molecule has 1 aliphatic carbocycles. The maximum atomic E-state index is 13.7. The summed E-state index contributed by atoms with van der Waals surface area (Å²) in [5.74, 6) is -0.307. The quantitative estimate of drug-likeness (QED) is 0.502. The zero-order valence-corrected chi connectivity index (χ0v) is 14.5. The van der Waals surface area contributed by atoms with Crippen LogP contribution in [0.3, 0.4) is 0 Å².